The van der Waals surface area contributed by atoms with E-state index in [2.05, 4.69) is 4.18 Å². The second-order valence-electron chi connectivity index (χ2n) is 11.7. The molecule has 1 saturated carbocycles. The van der Waals surface area contributed by atoms with Crippen molar-refractivity contribution in [2.24, 2.45) is 34.4 Å². The van der Waals surface area contributed by atoms with Crippen LogP contribution in [-0.4, -0.2) is 180 Å². The third-order valence-corrected chi connectivity index (χ3v) is 9.04. The van der Waals surface area contributed by atoms with Crippen molar-refractivity contribution in [2.75, 3.05) is 19.7 Å². The smallest absolute Gasteiger partial charge is 0.394 e. The normalized spacial score (nSPS) is 50.5. The molecule has 1 aliphatic carbocycles. The number of hydrogen-bond acceptors (Lipinski definition) is 21. The van der Waals surface area contributed by atoms with Crippen molar-refractivity contribution in [3.63, 3.8) is 0 Å². The summed E-state index contributed by atoms with van der Waals surface area (Å²) in [4.78, 5) is 0. The minimum Gasteiger partial charge on any atom is -0.394 e. The monoisotopic (exact) mass is 694 g/mol. The van der Waals surface area contributed by atoms with Gasteiger partial charge in [0.15, 0.2) is 18.9 Å². The SMILES string of the molecule is NC[C@@H]1O[C@H](O[C@H]2[C@@H](O)[C@@H](O[C@@H]3[C@H](O)[C@H](N)C[C@H](N)[C@@H]3O[C@@H]3O[C@H](CN)[C@H](OS(=O)(=O)O)[C@H](O)[C@@H]3N)O[C@H]2CO)[C@H](N)[C@@H](O)[C@H]1O. The van der Waals surface area contributed by atoms with Crippen LogP contribution in [0.4, 0.5) is 0 Å². The summed E-state index contributed by atoms with van der Waals surface area (Å²) in [6.07, 6.45) is -21.9. The van der Waals surface area contributed by atoms with E-state index in [1.807, 2.05) is 0 Å². The molecule has 0 unspecified atom stereocenters. The average Bonchev–Trinajstić information content (AvgIpc) is 3.29. The van der Waals surface area contributed by atoms with Crippen LogP contribution in [0.5, 0.6) is 0 Å². The maximum atomic E-state index is 11.3. The Kier molecular flexibility index (Phi) is 12.7. The highest BCUT2D eigenvalue weighted by atomic mass is 32.3. The average molecular weight is 695 g/mol. The van der Waals surface area contributed by atoms with Gasteiger partial charge in [0.2, 0.25) is 0 Å². The highest BCUT2D eigenvalue weighted by Gasteiger charge is 2.54. The van der Waals surface area contributed by atoms with Crippen LogP contribution in [0.3, 0.4) is 0 Å². The summed E-state index contributed by atoms with van der Waals surface area (Å²) in [5.41, 5.74) is 35.7. The van der Waals surface area contributed by atoms with E-state index in [9.17, 15) is 39.1 Å². The van der Waals surface area contributed by atoms with Crippen LogP contribution in [0, 0.1) is 0 Å². The maximum absolute atomic E-state index is 11.3. The first-order valence-corrected chi connectivity index (χ1v) is 15.9. The summed E-state index contributed by atoms with van der Waals surface area (Å²) in [6.45, 7) is -1.30. The molecule has 19 N–H and O–H groups in total. The van der Waals surface area contributed by atoms with E-state index in [1.165, 1.54) is 0 Å². The van der Waals surface area contributed by atoms with Crippen LogP contribution < -0.4 is 34.4 Å². The standard InChI is InChI=1S/C23H46N6O16S/c24-2-7-13(32)14(33)10(28)21(39-7)43-18-9(4-30)41-23(16(18)35)44-20-12(31)5(26)1-6(27)17(20)42-22-11(29)15(34)19(8(3-25)40-22)45-46(36,37)38/h5-23,30-35H,1-4,24-29H2,(H,36,37,38)/t5-,6+,7+,8-,9+,10-,11+,12-,13+,14-,15-,16-,17+,18-,19+,20-,21-,22+,23-/m1/s1. The first-order valence-electron chi connectivity index (χ1n) is 14.5. The van der Waals surface area contributed by atoms with Crippen molar-refractivity contribution >= 4 is 10.4 Å². The molecule has 0 aromatic rings. The number of ether oxygens (including phenoxy) is 6. The van der Waals surface area contributed by atoms with Crippen LogP contribution in [-0.2, 0) is 43.0 Å². The summed E-state index contributed by atoms with van der Waals surface area (Å²) >= 11 is 0. The zero-order valence-corrected chi connectivity index (χ0v) is 25.3. The molecule has 0 spiro atoms. The van der Waals surface area contributed by atoms with Crippen molar-refractivity contribution < 1.29 is 76.2 Å². The molecule has 46 heavy (non-hydrogen) atoms. The van der Waals surface area contributed by atoms with E-state index in [-0.39, 0.29) is 13.0 Å². The highest BCUT2D eigenvalue weighted by Crippen LogP contribution is 2.34. The molecule has 0 amide bonds. The molecule has 0 aromatic heterocycles. The molecule has 22 nitrogen and oxygen atoms in total. The van der Waals surface area contributed by atoms with Crippen molar-refractivity contribution in [2.45, 2.75) is 123 Å². The molecule has 3 heterocycles. The Bertz CT molecular complexity index is 1100. The third-order valence-electron chi connectivity index (χ3n) is 8.58. The van der Waals surface area contributed by atoms with Crippen molar-refractivity contribution in [3.05, 3.63) is 0 Å². The second-order valence-corrected chi connectivity index (χ2v) is 12.8. The molecule has 0 radical (unpaired) electrons. The lowest BCUT2D eigenvalue weighted by atomic mass is 9.84. The predicted molar refractivity (Wildman–Crippen MR) is 149 cm³/mol. The summed E-state index contributed by atoms with van der Waals surface area (Å²) in [5, 5.41) is 63.3. The quantitative estimate of drug-likeness (QED) is 0.0892. The Hall–Kier alpha value is -0.850. The van der Waals surface area contributed by atoms with Crippen LogP contribution in [0.2, 0.25) is 0 Å². The van der Waals surface area contributed by atoms with Gasteiger partial charge in [0, 0.05) is 25.2 Å². The third kappa shape index (κ3) is 7.96. The van der Waals surface area contributed by atoms with Gasteiger partial charge in [0.1, 0.15) is 67.1 Å². The molecule has 270 valence electrons. The highest BCUT2D eigenvalue weighted by molar-refractivity contribution is 7.80. The van der Waals surface area contributed by atoms with Gasteiger partial charge in [-0.1, -0.05) is 0 Å². The van der Waals surface area contributed by atoms with E-state index >= 15 is 0 Å². The Morgan fingerprint density at radius 1 is 0.609 bits per heavy atom. The van der Waals surface area contributed by atoms with Crippen molar-refractivity contribution in [1.29, 1.82) is 0 Å². The number of rotatable bonds is 11. The summed E-state index contributed by atoms with van der Waals surface area (Å²) < 4.78 is 70.7. The van der Waals surface area contributed by atoms with Gasteiger partial charge in [-0.3, -0.25) is 4.55 Å². The molecular weight excluding hydrogens is 648 g/mol. The molecule has 4 aliphatic rings. The number of aliphatic hydroxyl groups excluding tert-OH is 6. The molecular formula is C23H46N6O16S. The van der Waals surface area contributed by atoms with Gasteiger partial charge < -0.3 is 93.5 Å². The molecule has 4 fully saturated rings. The Labute approximate surface area is 263 Å². The zero-order valence-electron chi connectivity index (χ0n) is 24.5. The molecule has 3 aliphatic heterocycles. The van der Waals surface area contributed by atoms with Gasteiger partial charge in [-0.2, -0.15) is 8.42 Å². The Morgan fingerprint density at radius 2 is 1.13 bits per heavy atom. The van der Waals surface area contributed by atoms with E-state index in [0.29, 0.717) is 0 Å². The van der Waals surface area contributed by atoms with Gasteiger partial charge in [-0.05, 0) is 6.42 Å². The van der Waals surface area contributed by atoms with Crippen LogP contribution in [0.15, 0.2) is 0 Å². The lowest BCUT2D eigenvalue weighted by molar-refractivity contribution is -0.305. The summed E-state index contributed by atoms with van der Waals surface area (Å²) in [7, 11) is -5.04. The molecule has 23 heteroatoms. The number of aliphatic hydroxyl groups is 6. The van der Waals surface area contributed by atoms with Gasteiger partial charge in [0.05, 0.1) is 24.8 Å². The first-order chi connectivity index (χ1) is 21.5. The largest absolute Gasteiger partial charge is 0.397 e. The lowest BCUT2D eigenvalue weighted by Gasteiger charge is -2.47. The van der Waals surface area contributed by atoms with Crippen molar-refractivity contribution in [1.82, 2.24) is 0 Å². The maximum Gasteiger partial charge on any atom is 0.397 e. The Balaban J connectivity index is 1.50. The second kappa shape index (κ2) is 15.4. The zero-order chi connectivity index (χ0) is 34.2. The molecule has 19 atom stereocenters. The lowest BCUT2D eigenvalue weighted by Crippen LogP contribution is -2.68. The fraction of sp³-hybridized carbons (Fsp3) is 1.00. The fourth-order valence-corrected chi connectivity index (χ4v) is 6.50. The fourth-order valence-electron chi connectivity index (χ4n) is 5.98. The van der Waals surface area contributed by atoms with Crippen molar-refractivity contribution in [3.8, 4) is 0 Å². The van der Waals surface area contributed by atoms with E-state index in [4.69, 9.17) is 67.4 Å². The molecule has 4 rings (SSSR count). The number of hydrogen-bond donors (Lipinski definition) is 13. The summed E-state index contributed by atoms with van der Waals surface area (Å²) in [6, 6.07) is -4.70. The van der Waals surface area contributed by atoms with Gasteiger partial charge in [-0.15, -0.1) is 0 Å². The first kappa shape index (κ1) is 38.0. The van der Waals surface area contributed by atoms with Crippen LogP contribution in [0.25, 0.3) is 0 Å². The summed E-state index contributed by atoms with van der Waals surface area (Å²) in [5.74, 6) is 0. The van der Waals surface area contributed by atoms with E-state index in [0.717, 1.165) is 0 Å². The minimum absolute atomic E-state index is 0.00249. The van der Waals surface area contributed by atoms with E-state index in [1.54, 1.807) is 0 Å². The van der Waals surface area contributed by atoms with Gasteiger partial charge in [0.25, 0.3) is 0 Å². The molecule has 3 saturated heterocycles. The predicted octanol–water partition coefficient (Wildman–Crippen LogP) is -9.07. The van der Waals surface area contributed by atoms with Gasteiger partial charge >= 0.3 is 10.4 Å². The minimum atomic E-state index is -5.04. The molecule has 0 bridgehead atoms. The topological polar surface area (TPSA) is 396 Å². The Morgan fingerprint density at radius 3 is 1.70 bits per heavy atom. The van der Waals surface area contributed by atoms with Crippen LogP contribution in [0.1, 0.15) is 6.42 Å². The van der Waals surface area contributed by atoms with Gasteiger partial charge in [-0.25, -0.2) is 4.18 Å². The number of nitrogens with two attached hydrogens (primary N) is 6. The van der Waals surface area contributed by atoms with E-state index < -0.39 is 140 Å². The van der Waals surface area contributed by atoms with Crippen LogP contribution >= 0.6 is 0 Å². The molecule has 0 aromatic carbocycles.